The Bertz CT molecular complexity index is 1130. The van der Waals surface area contributed by atoms with E-state index in [9.17, 15) is 14.9 Å². The number of thiophene rings is 1. The Labute approximate surface area is 199 Å². The Morgan fingerprint density at radius 1 is 1.41 bits per heavy atom. The number of hydrogen-bond acceptors (Lipinski definition) is 7. The van der Waals surface area contributed by atoms with Crippen molar-refractivity contribution < 1.29 is 14.3 Å². The second-order valence-corrected chi connectivity index (χ2v) is 9.10. The predicted octanol–water partition coefficient (Wildman–Crippen LogP) is 5.20. The average molecular weight is 486 g/mol. The van der Waals surface area contributed by atoms with Gasteiger partial charge in [0.2, 0.25) is 5.91 Å². The summed E-state index contributed by atoms with van der Waals surface area (Å²) in [6.07, 6.45) is 1.49. The molecular formula is C23H20ClN3O3S2. The van der Waals surface area contributed by atoms with Crippen LogP contribution in [0.15, 0.2) is 76.3 Å². The molecule has 0 aliphatic carbocycles. The highest BCUT2D eigenvalue weighted by atomic mass is 35.5. The highest BCUT2D eigenvalue weighted by Crippen LogP contribution is 2.42. The SMILES string of the molecule is C=CCOC(=O)C1=C(C)NC(SCC(=O)Nc2cccc(Cl)c2)=C(C#N)C1c1cccs1. The summed E-state index contributed by atoms with van der Waals surface area (Å²) in [7, 11) is 0. The number of esters is 1. The van der Waals surface area contributed by atoms with E-state index in [1.165, 1.54) is 29.2 Å². The van der Waals surface area contributed by atoms with Gasteiger partial charge in [-0.2, -0.15) is 5.26 Å². The minimum atomic E-state index is -0.572. The van der Waals surface area contributed by atoms with E-state index in [-0.39, 0.29) is 18.3 Å². The summed E-state index contributed by atoms with van der Waals surface area (Å²) in [5.41, 5.74) is 1.91. The molecule has 1 amide bonds. The van der Waals surface area contributed by atoms with Crippen LogP contribution in [-0.4, -0.2) is 24.2 Å². The van der Waals surface area contributed by atoms with Gasteiger partial charge in [-0.1, -0.05) is 48.2 Å². The lowest BCUT2D eigenvalue weighted by molar-refractivity contribution is -0.138. The van der Waals surface area contributed by atoms with Crippen molar-refractivity contribution in [3.63, 3.8) is 0 Å². The van der Waals surface area contributed by atoms with Crippen LogP contribution in [0.1, 0.15) is 17.7 Å². The first-order chi connectivity index (χ1) is 15.4. The van der Waals surface area contributed by atoms with E-state index in [2.05, 4.69) is 23.3 Å². The first-order valence-electron chi connectivity index (χ1n) is 9.56. The molecule has 0 saturated carbocycles. The molecule has 2 heterocycles. The Balaban J connectivity index is 1.84. The number of nitrogens with one attached hydrogen (secondary N) is 2. The molecule has 0 saturated heterocycles. The average Bonchev–Trinajstić information content (AvgIpc) is 3.30. The first kappa shape index (κ1) is 23.7. The Morgan fingerprint density at radius 2 is 2.22 bits per heavy atom. The number of rotatable bonds is 8. The van der Waals surface area contributed by atoms with Crippen molar-refractivity contribution >= 4 is 52.3 Å². The highest BCUT2D eigenvalue weighted by molar-refractivity contribution is 8.03. The lowest BCUT2D eigenvalue weighted by Crippen LogP contribution is -2.29. The summed E-state index contributed by atoms with van der Waals surface area (Å²) in [6.45, 7) is 5.40. The van der Waals surface area contributed by atoms with Gasteiger partial charge in [-0.3, -0.25) is 4.79 Å². The Morgan fingerprint density at radius 3 is 2.88 bits per heavy atom. The van der Waals surface area contributed by atoms with Gasteiger partial charge in [0.1, 0.15) is 6.61 Å². The van der Waals surface area contributed by atoms with E-state index < -0.39 is 11.9 Å². The van der Waals surface area contributed by atoms with Crippen LogP contribution >= 0.6 is 34.7 Å². The molecule has 1 aromatic heterocycles. The zero-order chi connectivity index (χ0) is 23.1. The van der Waals surface area contributed by atoms with E-state index in [0.717, 1.165) is 4.88 Å². The van der Waals surface area contributed by atoms with Crippen molar-refractivity contribution in [1.29, 1.82) is 5.26 Å². The third kappa shape index (κ3) is 5.62. The Kier molecular flexibility index (Phi) is 8.17. The van der Waals surface area contributed by atoms with Crippen LogP contribution in [0.2, 0.25) is 5.02 Å². The van der Waals surface area contributed by atoms with Crippen LogP contribution < -0.4 is 10.6 Å². The number of benzene rings is 1. The van der Waals surface area contributed by atoms with E-state index in [1.54, 1.807) is 31.2 Å². The number of carbonyl (C=O) groups excluding carboxylic acids is 2. The van der Waals surface area contributed by atoms with E-state index >= 15 is 0 Å². The molecule has 3 rings (SSSR count). The zero-order valence-corrected chi connectivity index (χ0v) is 19.6. The standard InChI is InChI=1S/C23H20ClN3O3S2/c1-3-9-30-23(29)20-14(2)26-22(17(12-25)21(20)18-8-5-10-31-18)32-13-19(28)27-16-7-4-6-15(24)11-16/h3-8,10-11,21,26H,1,9,13H2,2H3,(H,27,28). The van der Waals surface area contributed by atoms with Crippen molar-refractivity contribution in [2.45, 2.75) is 12.8 Å². The zero-order valence-electron chi connectivity index (χ0n) is 17.2. The van der Waals surface area contributed by atoms with Crippen molar-refractivity contribution in [3.05, 3.63) is 86.2 Å². The number of halogens is 1. The smallest absolute Gasteiger partial charge is 0.337 e. The van der Waals surface area contributed by atoms with Crippen LogP contribution in [0.4, 0.5) is 5.69 Å². The molecule has 0 spiro atoms. The molecule has 1 atom stereocenters. The van der Waals surface area contributed by atoms with Crippen LogP contribution in [0, 0.1) is 11.3 Å². The van der Waals surface area contributed by atoms with Crippen molar-refractivity contribution in [2.75, 3.05) is 17.7 Å². The molecule has 1 aliphatic rings. The van der Waals surface area contributed by atoms with Gasteiger partial charge in [0.25, 0.3) is 0 Å². The molecule has 0 bridgehead atoms. The highest BCUT2D eigenvalue weighted by Gasteiger charge is 2.36. The van der Waals surface area contributed by atoms with Crippen LogP contribution in [0.5, 0.6) is 0 Å². The maximum Gasteiger partial charge on any atom is 0.337 e. The number of nitrogens with zero attached hydrogens (tertiary/aromatic N) is 1. The summed E-state index contributed by atoms with van der Waals surface area (Å²) >= 11 is 8.61. The summed E-state index contributed by atoms with van der Waals surface area (Å²) in [5, 5.41) is 18.8. The predicted molar refractivity (Wildman–Crippen MR) is 129 cm³/mol. The van der Waals surface area contributed by atoms with Gasteiger partial charge >= 0.3 is 5.97 Å². The van der Waals surface area contributed by atoms with Gasteiger partial charge < -0.3 is 15.4 Å². The molecule has 2 N–H and O–H groups in total. The number of anilines is 1. The molecule has 1 aliphatic heterocycles. The maximum atomic E-state index is 12.8. The van der Waals surface area contributed by atoms with Gasteiger partial charge in [0, 0.05) is 21.3 Å². The largest absolute Gasteiger partial charge is 0.458 e. The Hall–Kier alpha value is -2.99. The minimum absolute atomic E-state index is 0.0701. The molecule has 2 aromatic rings. The van der Waals surface area contributed by atoms with E-state index in [0.29, 0.717) is 32.6 Å². The summed E-state index contributed by atoms with van der Waals surface area (Å²) in [5.74, 6) is -1.25. The number of allylic oxidation sites excluding steroid dienone is 2. The monoisotopic (exact) mass is 485 g/mol. The lowest BCUT2D eigenvalue weighted by atomic mass is 9.87. The third-order valence-corrected chi connectivity index (χ3v) is 6.67. The van der Waals surface area contributed by atoms with Gasteiger partial charge in [0.15, 0.2) is 0 Å². The summed E-state index contributed by atoms with van der Waals surface area (Å²) < 4.78 is 5.27. The normalized spacial score (nSPS) is 15.6. The number of ether oxygens (including phenoxy) is 1. The number of carbonyl (C=O) groups is 2. The van der Waals surface area contributed by atoms with Crippen molar-refractivity contribution in [2.24, 2.45) is 0 Å². The second-order valence-electron chi connectivity index (χ2n) is 6.70. The van der Waals surface area contributed by atoms with Gasteiger partial charge in [-0.05, 0) is 36.6 Å². The number of thioether (sulfide) groups is 1. The molecule has 0 radical (unpaired) electrons. The van der Waals surface area contributed by atoms with Crippen LogP contribution in [0.3, 0.4) is 0 Å². The second kappa shape index (κ2) is 11.0. The van der Waals surface area contributed by atoms with E-state index in [1.807, 2.05) is 17.5 Å². The molecule has 1 unspecified atom stereocenters. The number of hydrogen-bond donors (Lipinski definition) is 2. The quantitative estimate of drug-likeness (QED) is 0.394. The topological polar surface area (TPSA) is 91.2 Å². The molecule has 1 aromatic carbocycles. The first-order valence-corrected chi connectivity index (χ1v) is 11.8. The fourth-order valence-corrected chi connectivity index (χ4v) is 5.08. The molecular weight excluding hydrogens is 466 g/mol. The van der Waals surface area contributed by atoms with Crippen molar-refractivity contribution in [3.8, 4) is 6.07 Å². The fourth-order valence-electron chi connectivity index (χ4n) is 3.15. The maximum absolute atomic E-state index is 12.8. The minimum Gasteiger partial charge on any atom is -0.458 e. The van der Waals surface area contributed by atoms with Crippen LogP contribution in [0.25, 0.3) is 0 Å². The summed E-state index contributed by atoms with van der Waals surface area (Å²) in [4.78, 5) is 26.0. The van der Waals surface area contributed by atoms with Gasteiger partial charge in [-0.15, -0.1) is 11.3 Å². The molecule has 9 heteroatoms. The molecule has 164 valence electrons. The third-order valence-electron chi connectivity index (χ3n) is 4.48. The molecule has 0 fully saturated rings. The number of amides is 1. The van der Waals surface area contributed by atoms with E-state index in [4.69, 9.17) is 16.3 Å². The fraction of sp³-hybridized carbons (Fsp3) is 0.174. The number of nitriles is 1. The molecule has 6 nitrogen and oxygen atoms in total. The number of dihydropyridines is 1. The molecule has 32 heavy (non-hydrogen) atoms. The summed E-state index contributed by atoms with van der Waals surface area (Å²) in [6, 6.07) is 12.8. The van der Waals surface area contributed by atoms with Gasteiger partial charge in [0.05, 0.1) is 33.9 Å². The van der Waals surface area contributed by atoms with Crippen LogP contribution in [-0.2, 0) is 14.3 Å². The lowest BCUT2D eigenvalue weighted by Gasteiger charge is -2.28. The van der Waals surface area contributed by atoms with Gasteiger partial charge in [-0.25, -0.2) is 4.79 Å². The van der Waals surface area contributed by atoms with Crippen molar-refractivity contribution in [1.82, 2.24) is 5.32 Å².